The Balaban J connectivity index is 1.75. The summed E-state index contributed by atoms with van der Waals surface area (Å²) >= 11 is 5.90. The first-order valence-corrected chi connectivity index (χ1v) is 8.44. The Kier molecular flexibility index (Phi) is 4.29. The minimum atomic E-state index is -0.238. The molecule has 0 aliphatic heterocycles. The largest absolute Gasteiger partial charge is 0.322 e. The second-order valence-electron chi connectivity index (χ2n) is 5.68. The van der Waals surface area contributed by atoms with Gasteiger partial charge in [-0.25, -0.2) is 4.68 Å². The number of halogens is 1. The van der Waals surface area contributed by atoms with Crippen molar-refractivity contribution in [3.8, 4) is 11.5 Å². The Morgan fingerprint density at radius 1 is 0.923 bits per heavy atom. The molecule has 0 unspecified atom stereocenters. The molecule has 0 saturated carbocycles. The zero-order valence-corrected chi connectivity index (χ0v) is 14.5. The fourth-order valence-electron chi connectivity index (χ4n) is 2.72. The molecule has 0 aliphatic carbocycles. The monoisotopic (exact) mass is 362 g/mol. The van der Waals surface area contributed by atoms with E-state index in [2.05, 4.69) is 10.4 Å². The highest BCUT2D eigenvalue weighted by atomic mass is 35.5. The average molecular weight is 363 g/mol. The maximum atomic E-state index is 12.8. The second-order valence-corrected chi connectivity index (χ2v) is 6.12. The van der Waals surface area contributed by atoms with Crippen molar-refractivity contribution in [1.82, 2.24) is 14.3 Å². The van der Waals surface area contributed by atoms with Crippen molar-refractivity contribution in [3.05, 3.63) is 95.9 Å². The lowest BCUT2D eigenvalue weighted by Gasteiger charge is -2.11. The predicted molar refractivity (Wildman–Crippen MR) is 102 cm³/mol. The highest BCUT2D eigenvalue weighted by Crippen LogP contribution is 2.21. The number of carbonyl (C=O) groups is 1. The van der Waals surface area contributed by atoms with Gasteiger partial charge in [0.2, 0.25) is 0 Å². The number of rotatable bonds is 4. The Labute approximate surface area is 155 Å². The molecule has 0 spiro atoms. The van der Waals surface area contributed by atoms with Gasteiger partial charge in [0.25, 0.3) is 5.91 Å². The van der Waals surface area contributed by atoms with Gasteiger partial charge in [-0.15, -0.1) is 0 Å². The molecule has 0 bridgehead atoms. The maximum absolute atomic E-state index is 12.8. The first kappa shape index (κ1) is 16.2. The van der Waals surface area contributed by atoms with E-state index in [1.807, 2.05) is 59.4 Å². The zero-order valence-electron chi connectivity index (χ0n) is 13.7. The normalized spacial score (nSPS) is 10.7. The van der Waals surface area contributed by atoms with E-state index in [0.29, 0.717) is 22.1 Å². The molecule has 0 radical (unpaired) electrons. The summed E-state index contributed by atoms with van der Waals surface area (Å²) in [6.07, 6.45) is 5.35. The van der Waals surface area contributed by atoms with E-state index in [1.54, 1.807) is 35.1 Å². The minimum absolute atomic E-state index is 0.238. The fourth-order valence-corrected chi connectivity index (χ4v) is 2.84. The highest BCUT2D eigenvalue weighted by molar-refractivity contribution is 6.30. The van der Waals surface area contributed by atoms with Crippen LogP contribution in [0.15, 0.2) is 85.3 Å². The van der Waals surface area contributed by atoms with Gasteiger partial charge in [-0.2, -0.15) is 5.10 Å². The predicted octanol–water partition coefficient (Wildman–Crippen LogP) is 4.57. The van der Waals surface area contributed by atoms with Crippen molar-refractivity contribution in [2.45, 2.75) is 0 Å². The Morgan fingerprint density at radius 3 is 2.31 bits per heavy atom. The maximum Gasteiger partial charge on any atom is 0.261 e. The summed E-state index contributed by atoms with van der Waals surface area (Å²) in [5.74, 6) is 0.436. The van der Waals surface area contributed by atoms with E-state index in [9.17, 15) is 4.79 Å². The van der Waals surface area contributed by atoms with Crippen LogP contribution in [0.25, 0.3) is 11.5 Å². The molecule has 2 aromatic carbocycles. The summed E-state index contributed by atoms with van der Waals surface area (Å²) in [6.45, 7) is 0. The van der Waals surface area contributed by atoms with Gasteiger partial charge in [-0.1, -0.05) is 29.8 Å². The molecule has 26 heavy (non-hydrogen) atoms. The van der Waals surface area contributed by atoms with E-state index < -0.39 is 0 Å². The summed E-state index contributed by atoms with van der Waals surface area (Å²) in [6, 6.07) is 20.5. The van der Waals surface area contributed by atoms with Crippen LogP contribution >= 0.6 is 11.6 Å². The number of amides is 1. The highest BCUT2D eigenvalue weighted by Gasteiger charge is 2.20. The Morgan fingerprint density at radius 2 is 1.62 bits per heavy atom. The summed E-state index contributed by atoms with van der Waals surface area (Å²) in [5, 5.41) is 7.94. The van der Waals surface area contributed by atoms with Crippen molar-refractivity contribution in [2.75, 3.05) is 5.32 Å². The Hall–Kier alpha value is -3.31. The number of anilines is 1. The van der Waals surface area contributed by atoms with E-state index >= 15 is 0 Å². The SMILES string of the molecule is O=C(Nc1ccc(Cl)cc1)c1cnn(-c2ccccc2)c1-n1cccc1. The molecule has 0 fully saturated rings. The van der Waals surface area contributed by atoms with E-state index in [4.69, 9.17) is 11.6 Å². The van der Waals surface area contributed by atoms with Crippen molar-refractivity contribution < 1.29 is 4.79 Å². The van der Waals surface area contributed by atoms with Gasteiger partial charge in [-0.3, -0.25) is 4.79 Å². The van der Waals surface area contributed by atoms with Crippen LogP contribution < -0.4 is 5.32 Å². The van der Waals surface area contributed by atoms with Gasteiger partial charge in [0.1, 0.15) is 5.56 Å². The first-order chi connectivity index (χ1) is 12.7. The molecule has 1 N–H and O–H groups in total. The van der Waals surface area contributed by atoms with Crippen molar-refractivity contribution in [2.24, 2.45) is 0 Å². The van der Waals surface area contributed by atoms with Gasteiger partial charge in [-0.05, 0) is 48.5 Å². The van der Waals surface area contributed by atoms with Crippen molar-refractivity contribution >= 4 is 23.2 Å². The lowest BCUT2D eigenvalue weighted by molar-refractivity contribution is 0.102. The van der Waals surface area contributed by atoms with Crippen LogP contribution in [0.2, 0.25) is 5.02 Å². The lowest BCUT2D eigenvalue weighted by atomic mass is 10.2. The smallest absolute Gasteiger partial charge is 0.261 e. The topological polar surface area (TPSA) is 51.9 Å². The fraction of sp³-hybridized carbons (Fsp3) is 0. The third kappa shape index (κ3) is 3.12. The molecule has 4 rings (SSSR count). The van der Waals surface area contributed by atoms with Crippen LogP contribution in [-0.4, -0.2) is 20.3 Å². The molecule has 128 valence electrons. The lowest BCUT2D eigenvalue weighted by Crippen LogP contribution is -2.15. The molecule has 4 aromatic rings. The van der Waals surface area contributed by atoms with Crippen molar-refractivity contribution in [3.63, 3.8) is 0 Å². The van der Waals surface area contributed by atoms with Gasteiger partial charge in [0, 0.05) is 23.1 Å². The van der Waals surface area contributed by atoms with Gasteiger partial charge >= 0.3 is 0 Å². The molecule has 2 heterocycles. The van der Waals surface area contributed by atoms with Crippen LogP contribution in [0.5, 0.6) is 0 Å². The van der Waals surface area contributed by atoms with Crippen LogP contribution in [0.1, 0.15) is 10.4 Å². The summed E-state index contributed by atoms with van der Waals surface area (Å²) in [7, 11) is 0. The third-order valence-electron chi connectivity index (χ3n) is 3.94. The number of benzene rings is 2. The first-order valence-electron chi connectivity index (χ1n) is 8.06. The Bertz CT molecular complexity index is 1020. The number of aromatic nitrogens is 3. The molecular formula is C20H15ClN4O. The third-order valence-corrected chi connectivity index (χ3v) is 4.19. The average Bonchev–Trinajstić information content (AvgIpc) is 3.33. The molecule has 0 saturated heterocycles. The molecule has 0 aliphatic rings. The number of hydrogen-bond acceptors (Lipinski definition) is 2. The van der Waals surface area contributed by atoms with Gasteiger partial charge < -0.3 is 9.88 Å². The molecule has 1 amide bonds. The summed E-state index contributed by atoms with van der Waals surface area (Å²) < 4.78 is 3.62. The van der Waals surface area contributed by atoms with Crippen LogP contribution in [0, 0.1) is 0 Å². The van der Waals surface area contributed by atoms with E-state index in [-0.39, 0.29) is 5.91 Å². The van der Waals surface area contributed by atoms with E-state index in [0.717, 1.165) is 5.69 Å². The molecule has 0 atom stereocenters. The molecule has 5 nitrogen and oxygen atoms in total. The van der Waals surface area contributed by atoms with Crippen LogP contribution in [0.4, 0.5) is 5.69 Å². The molecule has 6 heteroatoms. The summed E-state index contributed by atoms with van der Waals surface area (Å²) in [4.78, 5) is 12.8. The second kappa shape index (κ2) is 6.90. The number of hydrogen-bond donors (Lipinski definition) is 1. The minimum Gasteiger partial charge on any atom is -0.322 e. The van der Waals surface area contributed by atoms with E-state index in [1.165, 1.54) is 0 Å². The van der Waals surface area contributed by atoms with Crippen molar-refractivity contribution in [1.29, 1.82) is 0 Å². The zero-order chi connectivity index (χ0) is 17.9. The molecular weight excluding hydrogens is 348 g/mol. The standard InChI is InChI=1S/C20H15ClN4O/c21-15-8-10-16(11-9-15)23-19(26)18-14-22-25(17-6-2-1-3-7-17)20(18)24-12-4-5-13-24/h1-14H,(H,23,26). The number of carbonyl (C=O) groups excluding carboxylic acids is 1. The number of para-hydroxylation sites is 1. The van der Waals surface area contributed by atoms with Crippen LogP contribution in [-0.2, 0) is 0 Å². The molecule has 2 aromatic heterocycles. The van der Waals surface area contributed by atoms with Gasteiger partial charge in [0.15, 0.2) is 5.82 Å². The summed E-state index contributed by atoms with van der Waals surface area (Å²) in [5.41, 5.74) is 2.02. The quantitative estimate of drug-likeness (QED) is 0.578. The number of nitrogens with one attached hydrogen (secondary N) is 1. The van der Waals surface area contributed by atoms with Gasteiger partial charge in [0.05, 0.1) is 11.9 Å². The van der Waals surface area contributed by atoms with Crippen LogP contribution in [0.3, 0.4) is 0 Å². The number of nitrogens with zero attached hydrogens (tertiary/aromatic N) is 3.